The maximum absolute atomic E-state index is 5.48. The zero-order chi connectivity index (χ0) is 12.5. The second-order valence-corrected chi connectivity index (χ2v) is 5.78. The van der Waals surface area contributed by atoms with Gasteiger partial charge in [0.1, 0.15) is 5.69 Å². The van der Waals surface area contributed by atoms with Crippen LogP contribution in [0.4, 0.5) is 0 Å². The van der Waals surface area contributed by atoms with E-state index in [0.717, 1.165) is 17.1 Å². The van der Waals surface area contributed by atoms with Crippen LogP contribution < -0.4 is 5.73 Å². The van der Waals surface area contributed by atoms with Crippen molar-refractivity contribution in [3.05, 3.63) is 16.2 Å². The van der Waals surface area contributed by atoms with E-state index < -0.39 is 0 Å². The molecule has 0 saturated heterocycles. The van der Waals surface area contributed by atoms with E-state index in [4.69, 9.17) is 10.3 Å². The predicted octanol–water partition coefficient (Wildman–Crippen LogP) is 1.99. The first kappa shape index (κ1) is 12.2. The molecule has 0 aliphatic rings. The SMILES string of the molecule is CC(C)(C)c1noc(-c2csc(CCN)n2)n1. The summed E-state index contributed by atoms with van der Waals surface area (Å²) in [6.07, 6.45) is 0.783. The molecule has 2 aromatic rings. The molecule has 0 unspecified atom stereocenters. The van der Waals surface area contributed by atoms with Crippen LogP contribution in [0.25, 0.3) is 11.6 Å². The summed E-state index contributed by atoms with van der Waals surface area (Å²) in [5.41, 5.74) is 6.11. The molecule has 0 fully saturated rings. The van der Waals surface area contributed by atoms with Gasteiger partial charge in [-0.15, -0.1) is 11.3 Å². The molecule has 5 nitrogen and oxygen atoms in total. The molecule has 2 rings (SSSR count). The third kappa shape index (κ3) is 2.70. The van der Waals surface area contributed by atoms with Crippen LogP contribution in [0.3, 0.4) is 0 Å². The van der Waals surface area contributed by atoms with E-state index in [0.29, 0.717) is 18.3 Å². The number of nitrogens with two attached hydrogens (primary N) is 1. The van der Waals surface area contributed by atoms with E-state index >= 15 is 0 Å². The lowest BCUT2D eigenvalue weighted by atomic mass is 9.96. The summed E-state index contributed by atoms with van der Waals surface area (Å²) in [6.45, 7) is 6.73. The van der Waals surface area contributed by atoms with E-state index in [9.17, 15) is 0 Å². The second-order valence-electron chi connectivity index (χ2n) is 4.84. The van der Waals surface area contributed by atoms with Gasteiger partial charge in [-0.05, 0) is 6.54 Å². The van der Waals surface area contributed by atoms with Gasteiger partial charge in [-0.3, -0.25) is 0 Å². The number of nitrogens with zero attached hydrogens (tertiary/aromatic N) is 3. The number of thiazole rings is 1. The minimum absolute atomic E-state index is 0.113. The highest BCUT2D eigenvalue weighted by molar-refractivity contribution is 7.09. The normalized spacial score (nSPS) is 12.0. The number of aromatic nitrogens is 3. The molecule has 17 heavy (non-hydrogen) atoms. The molecule has 2 aromatic heterocycles. The fourth-order valence-corrected chi connectivity index (χ4v) is 2.07. The first-order valence-corrected chi connectivity index (χ1v) is 6.37. The van der Waals surface area contributed by atoms with Gasteiger partial charge in [0.25, 0.3) is 5.89 Å². The van der Waals surface area contributed by atoms with Crippen molar-refractivity contribution in [2.75, 3.05) is 6.54 Å². The zero-order valence-electron chi connectivity index (χ0n) is 10.2. The third-order valence-electron chi connectivity index (χ3n) is 2.23. The van der Waals surface area contributed by atoms with Crippen molar-refractivity contribution in [2.24, 2.45) is 5.73 Å². The summed E-state index contributed by atoms with van der Waals surface area (Å²) in [5, 5.41) is 6.89. The fraction of sp³-hybridized carbons (Fsp3) is 0.545. The molecule has 0 aliphatic carbocycles. The molecule has 0 amide bonds. The summed E-state index contributed by atoms with van der Waals surface area (Å²) in [7, 11) is 0. The minimum Gasteiger partial charge on any atom is -0.332 e. The Kier molecular flexibility index (Phi) is 3.26. The van der Waals surface area contributed by atoms with Crippen LogP contribution in [0.5, 0.6) is 0 Å². The van der Waals surface area contributed by atoms with Crippen LogP contribution in [-0.4, -0.2) is 21.7 Å². The third-order valence-corrected chi connectivity index (χ3v) is 3.13. The van der Waals surface area contributed by atoms with Gasteiger partial charge < -0.3 is 10.3 Å². The molecule has 2 heterocycles. The van der Waals surface area contributed by atoms with Crippen molar-refractivity contribution in [3.63, 3.8) is 0 Å². The van der Waals surface area contributed by atoms with Gasteiger partial charge in [0.2, 0.25) is 0 Å². The van der Waals surface area contributed by atoms with E-state index in [2.05, 4.69) is 15.1 Å². The molecule has 0 aliphatic heterocycles. The van der Waals surface area contributed by atoms with Crippen LogP contribution in [0, 0.1) is 0 Å². The Morgan fingerprint density at radius 2 is 2.12 bits per heavy atom. The lowest BCUT2D eigenvalue weighted by Crippen LogP contribution is -2.13. The highest BCUT2D eigenvalue weighted by atomic mass is 32.1. The second kappa shape index (κ2) is 4.54. The Labute approximate surface area is 104 Å². The molecule has 0 spiro atoms. The number of hydrogen-bond acceptors (Lipinski definition) is 6. The molecule has 0 radical (unpaired) electrons. The average molecular weight is 252 g/mol. The minimum atomic E-state index is -0.113. The van der Waals surface area contributed by atoms with E-state index in [1.54, 1.807) is 11.3 Å². The number of hydrogen-bond donors (Lipinski definition) is 1. The topological polar surface area (TPSA) is 77.8 Å². The van der Waals surface area contributed by atoms with Gasteiger partial charge in [0.15, 0.2) is 5.82 Å². The first-order chi connectivity index (χ1) is 8.00. The average Bonchev–Trinajstić information content (AvgIpc) is 2.82. The summed E-state index contributed by atoms with van der Waals surface area (Å²) < 4.78 is 5.22. The summed E-state index contributed by atoms with van der Waals surface area (Å²) in [4.78, 5) is 8.77. The molecule has 0 atom stereocenters. The van der Waals surface area contributed by atoms with Gasteiger partial charge in [0, 0.05) is 17.2 Å². The van der Waals surface area contributed by atoms with Crippen molar-refractivity contribution in [2.45, 2.75) is 32.6 Å². The fourth-order valence-electron chi connectivity index (χ4n) is 1.28. The molecular formula is C11H16N4OS. The van der Waals surface area contributed by atoms with Crippen LogP contribution in [0.15, 0.2) is 9.90 Å². The lowest BCUT2D eigenvalue weighted by molar-refractivity contribution is 0.401. The first-order valence-electron chi connectivity index (χ1n) is 5.50. The smallest absolute Gasteiger partial charge is 0.277 e. The molecule has 2 N–H and O–H groups in total. The van der Waals surface area contributed by atoms with Crippen molar-refractivity contribution in [1.82, 2.24) is 15.1 Å². The highest BCUT2D eigenvalue weighted by Crippen LogP contribution is 2.24. The Morgan fingerprint density at radius 1 is 1.35 bits per heavy atom. The predicted molar refractivity (Wildman–Crippen MR) is 66.9 cm³/mol. The quantitative estimate of drug-likeness (QED) is 0.903. The van der Waals surface area contributed by atoms with Crippen LogP contribution in [0.2, 0.25) is 0 Å². The molecule has 0 bridgehead atoms. The Balaban J connectivity index is 2.24. The van der Waals surface area contributed by atoms with Gasteiger partial charge in [-0.1, -0.05) is 25.9 Å². The monoisotopic (exact) mass is 252 g/mol. The summed E-state index contributed by atoms with van der Waals surface area (Å²) in [6, 6.07) is 0. The lowest BCUT2D eigenvalue weighted by Gasteiger charge is -2.10. The van der Waals surface area contributed by atoms with Crippen molar-refractivity contribution in [1.29, 1.82) is 0 Å². The van der Waals surface area contributed by atoms with Crippen LogP contribution in [0.1, 0.15) is 31.6 Å². The van der Waals surface area contributed by atoms with Gasteiger partial charge in [-0.25, -0.2) is 4.98 Å². The van der Waals surface area contributed by atoms with Gasteiger partial charge >= 0.3 is 0 Å². The van der Waals surface area contributed by atoms with Gasteiger partial charge in [0.05, 0.1) is 5.01 Å². The number of rotatable bonds is 3. The van der Waals surface area contributed by atoms with Gasteiger partial charge in [-0.2, -0.15) is 4.98 Å². The summed E-state index contributed by atoms with van der Waals surface area (Å²) >= 11 is 1.57. The maximum Gasteiger partial charge on any atom is 0.277 e. The standard InChI is InChI=1S/C11H16N4OS/c1-11(2,3)10-14-9(16-15-10)7-6-17-8(13-7)4-5-12/h6H,4-5,12H2,1-3H3. The summed E-state index contributed by atoms with van der Waals surface area (Å²) in [5.74, 6) is 1.18. The van der Waals surface area contributed by atoms with E-state index in [1.807, 2.05) is 26.2 Å². The van der Waals surface area contributed by atoms with Crippen LogP contribution >= 0.6 is 11.3 Å². The highest BCUT2D eigenvalue weighted by Gasteiger charge is 2.22. The van der Waals surface area contributed by atoms with Crippen molar-refractivity contribution >= 4 is 11.3 Å². The molecule has 0 aromatic carbocycles. The Hall–Kier alpha value is -1.27. The molecule has 92 valence electrons. The van der Waals surface area contributed by atoms with Crippen LogP contribution in [-0.2, 0) is 11.8 Å². The molecule has 0 saturated carbocycles. The van der Waals surface area contributed by atoms with Crippen molar-refractivity contribution in [3.8, 4) is 11.6 Å². The molecular weight excluding hydrogens is 236 g/mol. The van der Waals surface area contributed by atoms with E-state index in [1.165, 1.54) is 0 Å². The molecule has 6 heteroatoms. The maximum atomic E-state index is 5.48. The Bertz CT molecular complexity index is 498. The van der Waals surface area contributed by atoms with E-state index in [-0.39, 0.29) is 5.41 Å². The van der Waals surface area contributed by atoms with Crippen molar-refractivity contribution < 1.29 is 4.52 Å². The Morgan fingerprint density at radius 3 is 2.71 bits per heavy atom. The largest absolute Gasteiger partial charge is 0.332 e. The zero-order valence-corrected chi connectivity index (χ0v) is 11.0.